The second-order valence-electron chi connectivity index (χ2n) is 28.1. The predicted octanol–water partition coefficient (Wildman–Crippen LogP) is 10.9. The van der Waals surface area contributed by atoms with Crippen molar-refractivity contribution in [2.24, 2.45) is 50.2 Å². The van der Waals surface area contributed by atoms with Crippen LogP contribution in [0, 0.1) is 64.1 Å². The SMILES string of the molecule is C.C.Cc1ccc2c3c1OC1C4(C)CCC5(CC4C(C)(O)C(C)(C)C)[C@@H]4N(CC6CC6)[C@]4(C2)C[C@]315.Cc1ccc2c3c1OC1C4(C)CCC5(CC4C(C)(O)C(C)(C)C)[C@@H]4N[C@]4(C2)C[C@]315. The lowest BCUT2D eigenvalue weighted by atomic mass is 9.35. The van der Waals surface area contributed by atoms with Gasteiger partial charge in [0.1, 0.15) is 23.7 Å². The second-order valence-corrected chi connectivity index (χ2v) is 28.1. The average molecular weight is 873 g/mol. The standard InChI is InChI=1S/C30H41NO2.C26H35NO2.2CH4/c1-17-7-10-19-13-29-16-30-21(19)22(17)33-24(30)26(5)11-12-28(30,23(29)31(29)15-18-8-9-18)14-20(26)27(6,32)25(2,3)4;1-14-7-8-15-11-25-13-26-17(15)18(14)29-20(26)22(5)9-10-24(26,19(25)27-25)12-16(22)23(6,28)21(2,3)4;;/h7,10,18,20,23-24,32H,8-9,11-16H2,1-6H3;7-8,16,19-20,27-28H,9-13H2,1-6H3;2*1H4/t20?,23-,24?,26?,27?,28?,29+,30-,31?;16?,19-,20?,22?,23?,24?,25+,26-;;/m00../s1. The number of benzene rings is 2. The normalized spacial score (nSPS) is 50.1. The lowest BCUT2D eigenvalue weighted by molar-refractivity contribution is -0.246. The summed E-state index contributed by atoms with van der Waals surface area (Å²) in [5.74, 6) is 3.91. The number of nitrogens with one attached hydrogen (secondary N) is 1. The highest BCUT2D eigenvalue weighted by Crippen LogP contribution is 2.88. The summed E-state index contributed by atoms with van der Waals surface area (Å²) in [6.07, 6.45) is 15.5. The van der Waals surface area contributed by atoms with Gasteiger partial charge in [-0.25, -0.2) is 0 Å². The van der Waals surface area contributed by atoms with Crippen LogP contribution in [0.4, 0.5) is 0 Å². The Hall–Kier alpha value is -2.12. The van der Waals surface area contributed by atoms with Crippen molar-refractivity contribution in [3.63, 3.8) is 0 Å². The molecular weight excluding hydrogens is 789 g/mol. The van der Waals surface area contributed by atoms with Gasteiger partial charge in [-0.05, 0) is 156 Å². The molecule has 11 aliphatic carbocycles. The maximum Gasteiger partial charge on any atom is 0.126 e. The van der Waals surface area contributed by atoms with Gasteiger partial charge in [0, 0.05) is 73.3 Å². The second kappa shape index (κ2) is 11.5. The number of aliphatic hydroxyl groups is 2. The van der Waals surface area contributed by atoms with Crippen LogP contribution < -0.4 is 14.8 Å². The van der Waals surface area contributed by atoms with Crippen molar-refractivity contribution in [3.8, 4) is 11.5 Å². The van der Waals surface area contributed by atoms with Gasteiger partial charge in [0.2, 0.25) is 0 Å². The summed E-state index contributed by atoms with van der Waals surface area (Å²) < 4.78 is 14.2. The van der Waals surface area contributed by atoms with E-state index >= 15 is 0 Å². The van der Waals surface area contributed by atoms with Crippen LogP contribution in [-0.2, 0) is 23.7 Å². The summed E-state index contributed by atoms with van der Waals surface area (Å²) in [6, 6.07) is 10.7. The molecule has 3 N–H and O–H groups in total. The molecule has 11 unspecified atom stereocenters. The highest BCUT2D eigenvalue weighted by Gasteiger charge is 2.92. The van der Waals surface area contributed by atoms with Crippen LogP contribution in [0.3, 0.4) is 0 Å². The first-order valence-electron chi connectivity index (χ1n) is 25.4. The van der Waals surface area contributed by atoms with Gasteiger partial charge in [0.25, 0.3) is 0 Å². The Morgan fingerprint density at radius 2 is 1.16 bits per heavy atom. The van der Waals surface area contributed by atoms with Gasteiger partial charge in [-0.3, -0.25) is 4.90 Å². The van der Waals surface area contributed by atoms with Gasteiger partial charge < -0.3 is 25.0 Å². The number of aryl methyl sites for hydroxylation is 2. The van der Waals surface area contributed by atoms with Gasteiger partial charge in [-0.15, -0.1) is 0 Å². The molecule has 8 bridgehead atoms. The molecular formula is C58H84N2O4. The van der Waals surface area contributed by atoms with Crippen molar-refractivity contribution in [1.29, 1.82) is 0 Å². The number of likely N-dealkylation sites (tertiary alicyclic amines) is 1. The fraction of sp³-hybridized carbons (Fsp3) is 0.793. The Balaban J connectivity index is 0.000000132. The van der Waals surface area contributed by atoms with Crippen LogP contribution in [0.2, 0.25) is 0 Å². The molecule has 0 aromatic heterocycles. The number of rotatable bonds is 4. The third kappa shape index (κ3) is 4.14. The van der Waals surface area contributed by atoms with Crippen LogP contribution in [-0.4, -0.2) is 68.2 Å². The summed E-state index contributed by atoms with van der Waals surface area (Å²) in [6.45, 7) is 28.4. The third-order valence-electron chi connectivity index (χ3n) is 24.1. The predicted molar refractivity (Wildman–Crippen MR) is 256 cm³/mol. The fourth-order valence-corrected chi connectivity index (χ4v) is 20.3. The summed E-state index contributed by atoms with van der Waals surface area (Å²) in [7, 11) is 0. The van der Waals surface area contributed by atoms with E-state index in [0.717, 1.165) is 18.8 Å². The summed E-state index contributed by atoms with van der Waals surface area (Å²) in [4.78, 5) is 2.98. The molecule has 64 heavy (non-hydrogen) atoms. The molecule has 17 rings (SSSR count). The van der Waals surface area contributed by atoms with Crippen molar-refractivity contribution in [2.75, 3.05) is 6.54 Å². The van der Waals surface area contributed by atoms with E-state index in [1.165, 1.54) is 93.4 Å². The van der Waals surface area contributed by atoms with E-state index in [4.69, 9.17) is 9.47 Å². The largest absolute Gasteiger partial charge is 0.488 e. The first kappa shape index (κ1) is 43.2. The maximum atomic E-state index is 12.2. The van der Waals surface area contributed by atoms with E-state index in [0.29, 0.717) is 23.2 Å². The Labute approximate surface area is 386 Å². The molecule has 2 aromatic rings. The number of fused-ring (bicyclic) bond motifs is 4. The van der Waals surface area contributed by atoms with Crippen molar-refractivity contribution in [2.45, 2.75) is 232 Å². The number of hydrogen-bond acceptors (Lipinski definition) is 6. The van der Waals surface area contributed by atoms with E-state index in [-0.39, 0.29) is 82.2 Å². The van der Waals surface area contributed by atoms with Crippen LogP contribution in [0.5, 0.6) is 11.5 Å². The molecule has 6 heteroatoms. The molecule has 0 radical (unpaired) electrons. The Morgan fingerprint density at radius 1 is 0.672 bits per heavy atom. The Bertz CT molecular complexity index is 2440. The van der Waals surface area contributed by atoms with Crippen LogP contribution >= 0.6 is 0 Å². The van der Waals surface area contributed by atoms with Crippen molar-refractivity contribution in [1.82, 2.24) is 10.2 Å². The van der Waals surface area contributed by atoms with Gasteiger partial charge in [-0.2, -0.15) is 0 Å². The third-order valence-corrected chi connectivity index (χ3v) is 24.1. The zero-order chi connectivity index (χ0) is 43.4. The number of ether oxygens (including phenoxy) is 2. The quantitative estimate of drug-likeness (QED) is 0.266. The molecule has 11 fully saturated rings. The van der Waals surface area contributed by atoms with Crippen molar-refractivity contribution in [3.05, 3.63) is 57.6 Å². The smallest absolute Gasteiger partial charge is 0.126 e. The van der Waals surface area contributed by atoms with Crippen LogP contribution in [0.25, 0.3) is 0 Å². The van der Waals surface area contributed by atoms with Gasteiger partial charge >= 0.3 is 0 Å². The zero-order valence-electron chi connectivity index (χ0n) is 40.2. The Morgan fingerprint density at radius 3 is 1.67 bits per heavy atom. The van der Waals surface area contributed by atoms with Crippen molar-refractivity contribution >= 4 is 0 Å². The van der Waals surface area contributed by atoms with Crippen LogP contribution in [0.1, 0.15) is 182 Å². The summed E-state index contributed by atoms with van der Waals surface area (Å²) >= 11 is 0. The fourth-order valence-electron chi connectivity index (χ4n) is 20.3. The maximum absolute atomic E-state index is 12.2. The van der Waals surface area contributed by atoms with E-state index < -0.39 is 11.2 Å². The molecule has 2 saturated heterocycles. The molecule has 350 valence electrons. The molecule has 6 nitrogen and oxygen atoms in total. The van der Waals surface area contributed by atoms with E-state index in [2.05, 4.69) is 118 Å². The summed E-state index contributed by atoms with van der Waals surface area (Å²) in [5, 5.41) is 28.2. The minimum absolute atomic E-state index is 0. The minimum Gasteiger partial charge on any atom is -0.488 e. The highest BCUT2D eigenvalue weighted by molar-refractivity contribution is 5.67. The molecule has 6 spiro atoms. The number of hydrogen-bond donors (Lipinski definition) is 3. The monoisotopic (exact) mass is 873 g/mol. The first-order valence-corrected chi connectivity index (χ1v) is 25.4. The summed E-state index contributed by atoms with van der Waals surface area (Å²) in [5.41, 5.74) is 8.73. The number of piperidine rings is 2. The molecule has 9 saturated carbocycles. The lowest BCUT2D eigenvalue weighted by Gasteiger charge is -2.70. The number of nitrogens with zero attached hydrogens (tertiary/aromatic N) is 1. The minimum atomic E-state index is -0.717. The lowest BCUT2D eigenvalue weighted by Crippen LogP contribution is -2.73. The molecule has 17 atom stereocenters. The van der Waals surface area contributed by atoms with E-state index in [1.54, 1.807) is 22.3 Å². The molecule has 4 aliphatic heterocycles. The van der Waals surface area contributed by atoms with Crippen LogP contribution in [0.15, 0.2) is 24.3 Å². The van der Waals surface area contributed by atoms with Gasteiger partial charge in [-0.1, -0.05) is 94.5 Å². The van der Waals surface area contributed by atoms with E-state index in [1.807, 2.05) is 0 Å². The van der Waals surface area contributed by atoms with Crippen molar-refractivity contribution < 1.29 is 19.7 Å². The van der Waals surface area contributed by atoms with E-state index in [9.17, 15) is 10.2 Å². The highest BCUT2D eigenvalue weighted by atomic mass is 16.5. The van der Waals surface area contributed by atoms with Gasteiger partial charge in [0.15, 0.2) is 0 Å². The molecule has 4 heterocycles. The first-order chi connectivity index (χ1) is 28.9. The zero-order valence-corrected chi connectivity index (χ0v) is 40.2. The molecule has 0 amide bonds. The topological polar surface area (TPSA) is 83.9 Å². The molecule has 2 aromatic carbocycles. The average Bonchev–Trinajstić information content (AvgIpc) is 4.12. The Kier molecular flexibility index (Phi) is 7.75. The molecule has 15 aliphatic rings. The van der Waals surface area contributed by atoms with Gasteiger partial charge in [0.05, 0.1) is 11.2 Å².